The minimum Gasteiger partial charge on any atom is -0.467 e. The van der Waals surface area contributed by atoms with Crippen molar-refractivity contribution in [2.24, 2.45) is 0 Å². The lowest BCUT2D eigenvalue weighted by Gasteiger charge is -2.27. The second-order valence-electron chi connectivity index (χ2n) is 8.28. The monoisotopic (exact) mass is 521 g/mol. The minimum atomic E-state index is -4.40. The highest BCUT2D eigenvalue weighted by molar-refractivity contribution is 7.51. The van der Waals surface area contributed by atoms with Crippen molar-refractivity contribution in [3.8, 4) is 0 Å². The Hall–Kier alpha value is -1.90. The van der Waals surface area contributed by atoms with Gasteiger partial charge in [-0.25, -0.2) is 9.78 Å². The summed E-state index contributed by atoms with van der Waals surface area (Å²) < 4.78 is 27.9. The summed E-state index contributed by atoms with van der Waals surface area (Å²) in [5, 5.41) is 23.9. The highest BCUT2D eigenvalue weighted by atomic mass is 35.5. The van der Waals surface area contributed by atoms with E-state index in [0.717, 1.165) is 12.8 Å². The van der Waals surface area contributed by atoms with Crippen LogP contribution in [0.3, 0.4) is 0 Å². The molecular formula is C18H25ClN5O9P. The number of carbonyl (C=O) groups excluding carboxylic acids is 1. The summed E-state index contributed by atoms with van der Waals surface area (Å²) in [6.07, 6.45) is -1.87. The molecule has 5 N–H and O–H groups in total. The Bertz CT molecular complexity index is 1100. The van der Waals surface area contributed by atoms with Crippen molar-refractivity contribution in [2.75, 3.05) is 25.4 Å². The summed E-state index contributed by atoms with van der Waals surface area (Å²) in [6, 6.07) is 0. The fourth-order valence-electron chi connectivity index (χ4n) is 4.33. The zero-order valence-corrected chi connectivity index (χ0v) is 19.7. The van der Waals surface area contributed by atoms with Gasteiger partial charge in [-0.2, -0.15) is 9.97 Å². The number of halogens is 1. The van der Waals surface area contributed by atoms with Gasteiger partial charge in [0.05, 0.1) is 20.0 Å². The van der Waals surface area contributed by atoms with Crippen LogP contribution >= 0.6 is 19.2 Å². The number of nitrogens with one attached hydrogen (secondary N) is 1. The number of nitrogens with zero attached hydrogens (tertiary/aromatic N) is 4. The van der Waals surface area contributed by atoms with E-state index < -0.39 is 50.0 Å². The Morgan fingerprint density at radius 2 is 2.03 bits per heavy atom. The molecule has 2 fully saturated rings. The molecule has 14 nitrogen and oxygen atoms in total. The van der Waals surface area contributed by atoms with Crippen LogP contribution in [0.5, 0.6) is 0 Å². The first-order valence-electron chi connectivity index (χ1n) is 10.5. The van der Waals surface area contributed by atoms with E-state index in [-0.39, 0.29) is 28.9 Å². The zero-order chi connectivity index (χ0) is 24.7. The highest BCUT2D eigenvalue weighted by Gasteiger charge is 2.46. The topological polar surface area (TPSA) is 198 Å². The van der Waals surface area contributed by atoms with Gasteiger partial charge in [0.25, 0.3) is 0 Å². The van der Waals surface area contributed by atoms with E-state index in [9.17, 15) is 19.6 Å². The summed E-state index contributed by atoms with van der Waals surface area (Å²) in [5.41, 5.74) is -0.552. The molecule has 1 aliphatic heterocycles. The largest absolute Gasteiger partial charge is 0.467 e. The van der Waals surface area contributed by atoms with Crippen LogP contribution in [-0.4, -0.2) is 89.4 Å². The predicted molar refractivity (Wildman–Crippen MR) is 116 cm³/mol. The van der Waals surface area contributed by atoms with Crippen molar-refractivity contribution in [2.45, 2.75) is 55.8 Å². The molecule has 2 aromatic heterocycles. The van der Waals surface area contributed by atoms with E-state index >= 15 is 0 Å². The lowest BCUT2D eigenvalue weighted by molar-refractivity contribution is -0.145. The normalized spacial score (nSPS) is 26.8. The van der Waals surface area contributed by atoms with Crippen molar-refractivity contribution in [1.29, 1.82) is 0 Å². The van der Waals surface area contributed by atoms with Crippen LogP contribution in [0.25, 0.3) is 11.2 Å². The predicted octanol–water partition coefficient (Wildman–Crippen LogP) is 0.148. The highest BCUT2D eigenvalue weighted by Crippen LogP contribution is 2.38. The van der Waals surface area contributed by atoms with E-state index in [1.807, 2.05) is 0 Å². The Morgan fingerprint density at radius 1 is 1.32 bits per heavy atom. The second kappa shape index (κ2) is 9.63. The summed E-state index contributed by atoms with van der Waals surface area (Å²) in [6.45, 7) is -0.364. The Labute approximate surface area is 198 Å². The maximum absolute atomic E-state index is 12.5. The fourth-order valence-corrected chi connectivity index (χ4v) is 4.84. The van der Waals surface area contributed by atoms with Gasteiger partial charge in [-0.3, -0.25) is 9.13 Å². The number of methoxy groups -OCH3 is 1. The van der Waals surface area contributed by atoms with Crippen LogP contribution in [0.1, 0.15) is 31.9 Å². The van der Waals surface area contributed by atoms with Crippen molar-refractivity contribution in [1.82, 2.24) is 19.5 Å². The van der Waals surface area contributed by atoms with Gasteiger partial charge in [0.15, 0.2) is 23.2 Å². The van der Waals surface area contributed by atoms with Gasteiger partial charge >= 0.3 is 13.6 Å². The summed E-state index contributed by atoms with van der Waals surface area (Å²) in [7, 11) is -3.09. The first-order chi connectivity index (χ1) is 16.0. The third-order valence-corrected chi connectivity index (χ3v) is 6.63. The Kier molecular flexibility index (Phi) is 7.14. The van der Waals surface area contributed by atoms with E-state index in [1.54, 1.807) is 0 Å². The first-order valence-corrected chi connectivity index (χ1v) is 12.6. The van der Waals surface area contributed by atoms with Crippen LogP contribution in [0, 0.1) is 0 Å². The van der Waals surface area contributed by atoms with Gasteiger partial charge in [0.2, 0.25) is 5.28 Å². The molecule has 0 spiro atoms. The minimum absolute atomic E-state index is 0.149. The molecule has 1 saturated carbocycles. The first kappa shape index (κ1) is 25.2. The lowest BCUT2D eigenvalue weighted by atomic mass is 9.98. The number of hydrogen-bond donors (Lipinski definition) is 5. The number of hydrogen-bond acceptors (Lipinski definition) is 11. The van der Waals surface area contributed by atoms with Gasteiger partial charge in [0, 0.05) is 0 Å². The number of aliphatic hydroxyl groups excluding tert-OH is 2. The van der Waals surface area contributed by atoms with E-state index in [4.69, 9.17) is 35.6 Å². The smallest absolute Gasteiger partial charge is 0.350 e. The van der Waals surface area contributed by atoms with E-state index in [0.29, 0.717) is 12.8 Å². The van der Waals surface area contributed by atoms with Gasteiger partial charge in [0.1, 0.15) is 30.2 Å². The molecular weight excluding hydrogens is 497 g/mol. The molecule has 4 rings (SSSR count). The number of carbonyl (C=O) groups is 1. The number of esters is 1. The Balaban J connectivity index is 1.61. The van der Waals surface area contributed by atoms with E-state index in [1.165, 1.54) is 18.0 Å². The number of imidazole rings is 1. The molecule has 2 aromatic rings. The molecule has 0 aromatic carbocycles. The zero-order valence-electron chi connectivity index (χ0n) is 18.1. The van der Waals surface area contributed by atoms with Gasteiger partial charge in [-0.05, 0) is 24.4 Å². The second-order valence-corrected chi connectivity index (χ2v) is 10.2. The quantitative estimate of drug-likeness (QED) is 0.179. The lowest BCUT2D eigenvalue weighted by Crippen LogP contribution is -2.45. The number of rotatable bonds is 8. The van der Waals surface area contributed by atoms with Crippen LogP contribution in [0.2, 0.25) is 5.28 Å². The SMILES string of the molecule is COC(=O)C1(Nc2nc(Cl)nc3c2ncn3[C@@H]2O[C@H](COCP(=O)(O)O)[C@@H](O)[C@H]2O)CCCC1. The summed E-state index contributed by atoms with van der Waals surface area (Å²) >= 11 is 6.14. The van der Waals surface area contributed by atoms with Crippen LogP contribution < -0.4 is 5.32 Å². The number of fused-ring (bicyclic) bond motifs is 1. The van der Waals surface area contributed by atoms with E-state index in [2.05, 4.69) is 20.3 Å². The molecule has 0 radical (unpaired) electrons. The standard InChI is InChI=1S/C18H25ClN5O9P/c1-31-16(27)18(4-2-3-5-18)23-13-10-14(22-17(19)21-13)24(7-20-10)15-12(26)11(25)9(33-15)6-32-8-34(28,29)30/h7,9,11-12,15,25-26H,2-6,8H2,1H3,(H,21,22,23)(H2,28,29,30)/t9-,11-,12-,15-/m1/s1. The molecule has 1 aliphatic carbocycles. The molecule has 188 valence electrons. The van der Waals surface area contributed by atoms with Gasteiger partial charge < -0.3 is 39.5 Å². The molecule has 16 heteroatoms. The molecule has 0 amide bonds. The molecule has 2 aliphatic rings. The van der Waals surface area contributed by atoms with Crippen LogP contribution in [-0.2, 0) is 23.6 Å². The average molecular weight is 522 g/mol. The van der Waals surface area contributed by atoms with Crippen LogP contribution in [0.15, 0.2) is 6.33 Å². The number of aromatic nitrogens is 4. The van der Waals surface area contributed by atoms with Gasteiger partial charge in [-0.1, -0.05) is 12.8 Å². The van der Waals surface area contributed by atoms with Crippen molar-refractivity contribution < 1.29 is 43.6 Å². The third-order valence-electron chi connectivity index (χ3n) is 5.94. The molecule has 4 atom stereocenters. The van der Waals surface area contributed by atoms with Crippen molar-refractivity contribution in [3.63, 3.8) is 0 Å². The fraction of sp³-hybridized carbons (Fsp3) is 0.667. The summed E-state index contributed by atoms with van der Waals surface area (Å²) in [5.74, 6) is -0.223. The van der Waals surface area contributed by atoms with Crippen molar-refractivity contribution >= 4 is 42.1 Å². The van der Waals surface area contributed by atoms with Crippen LogP contribution in [0.4, 0.5) is 5.82 Å². The van der Waals surface area contributed by atoms with Crippen molar-refractivity contribution in [3.05, 3.63) is 11.6 Å². The maximum atomic E-state index is 12.5. The summed E-state index contributed by atoms with van der Waals surface area (Å²) in [4.78, 5) is 43.0. The average Bonchev–Trinajstić information content (AvgIpc) is 3.47. The molecule has 0 unspecified atom stereocenters. The van der Waals surface area contributed by atoms with Gasteiger partial charge in [-0.15, -0.1) is 0 Å². The third kappa shape index (κ3) is 4.90. The molecule has 0 bridgehead atoms. The molecule has 1 saturated heterocycles. The number of anilines is 1. The molecule has 3 heterocycles. The molecule has 34 heavy (non-hydrogen) atoms. The number of ether oxygens (including phenoxy) is 3. The Morgan fingerprint density at radius 3 is 2.68 bits per heavy atom. The number of aliphatic hydroxyl groups is 2. The maximum Gasteiger partial charge on any atom is 0.350 e.